The van der Waals surface area contributed by atoms with Crippen LogP contribution in [0.25, 0.3) is 11.0 Å². The molecule has 1 aromatic carbocycles. The molecule has 0 saturated heterocycles. The second-order valence-corrected chi connectivity index (χ2v) is 6.72. The summed E-state index contributed by atoms with van der Waals surface area (Å²) in [5, 5.41) is 0. The second kappa shape index (κ2) is 6.01. The maximum atomic E-state index is 5.94. The Morgan fingerprint density at radius 3 is 2.81 bits per heavy atom. The lowest BCUT2D eigenvalue weighted by molar-refractivity contribution is 0.428. The summed E-state index contributed by atoms with van der Waals surface area (Å²) in [6, 6.07) is 10.4. The van der Waals surface area contributed by atoms with Crippen molar-refractivity contribution < 1.29 is 4.42 Å². The van der Waals surface area contributed by atoms with Gasteiger partial charge < -0.3 is 8.98 Å². The summed E-state index contributed by atoms with van der Waals surface area (Å²) in [4.78, 5) is 4.75. The molecule has 110 valence electrons. The molecule has 3 aromatic rings. The Labute approximate surface area is 142 Å². The molecule has 3 nitrogen and oxygen atoms in total. The van der Waals surface area contributed by atoms with Crippen LogP contribution in [0.4, 0.5) is 0 Å². The van der Waals surface area contributed by atoms with Crippen LogP contribution in [0, 0.1) is 10.5 Å². The third-order valence-corrected chi connectivity index (χ3v) is 4.46. The van der Waals surface area contributed by atoms with E-state index in [1.54, 1.807) is 0 Å². The highest BCUT2D eigenvalue weighted by molar-refractivity contribution is 14.1. The van der Waals surface area contributed by atoms with Crippen molar-refractivity contribution in [1.82, 2.24) is 9.55 Å². The first-order valence-electron chi connectivity index (χ1n) is 6.89. The first kappa shape index (κ1) is 14.9. The van der Waals surface area contributed by atoms with Crippen LogP contribution < -0.4 is 0 Å². The van der Waals surface area contributed by atoms with Crippen molar-refractivity contribution in [2.24, 2.45) is 0 Å². The van der Waals surface area contributed by atoms with Crippen molar-refractivity contribution in [3.63, 3.8) is 0 Å². The molecular weight excluding hydrogens is 399 g/mol. The van der Waals surface area contributed by atoms with Gasteiger partial charge in [-0.05, 0) is 66.8 Å². The summed E-state index contributed by atoms with van der Waals surface area (Å²) < 4.78 is 9.20. The number of furan rings is 1. The highest BCUT2D eigenvalue weighted by Gasteiger charge is 2.19. The van der Waals surface area contributed by atoms with Crippen molar-refractivity contribution in [1.29, 1.82) is 0 Å². The monoisotopic (exact) mass is 414 g/mol. The molecule has 0 amide bonds. The zero-order valence-corrected chi connectivity index (χ0v) is 14.9. The van der Waals surface area contributed by atoms with E-state index in [0.717, 1.165) is 34.8 Å². The van der Waals surface area contributed by atoms with E-state index in [0.29, 0.717) is 5.88 Å². The van der Waals surface area contributed by atoms with Crippen molar-refractivity contribution in [2.45, 2.75) is 26.3 Å². The van der Waals surface area contributed by atoms with Crippen LogP contribution >= 0.6 is 34.2 Å². The van der Waals surface area contributed by atoms with E-state index >= 15 is 0 Å². The molecule has 3 rings (SSSR count). The van der Waals surface area contributed by atoms with Gasteiger partial charge in [-0.1, -0.05) is 0 Å². The largest absolute Gasteiger partial charge is 0.464 e. The molecular formula is C16H16ClIN2O. The number of aryl methyl sites for hydroxylation is 2. The molecule has 1 atom stereocenters. The number of hydrogen-bond donors (Lipinski definition) is 0. The fourth-order valence-corrected chi connectivity index (χ4v) is 3.26. The second-order valence-electron chi connectivity index (χ2n) is 5.09. The number of rotatable bonds is 4. The Hall–Kier alpha value is -1.01. The predicted octanol–water partition coefficient (Wildman–Crippen LogP) is 4.93. The Balaban J connectivity index is 2.16. The van der Waals surface area contributed by atoms with Crippen LogP contribution in [-0.2, 0) is 6.42 Å². The molecule has 0 spiro atoms. The fraction of sp³-hybridized carbons (Fsp3) is 0.312. The lowest BCUT2D eigenvalue weighted by Gasteiger charge is -2.15. The Bertz CT molecular complexity index is 778. The molecule has 1 unspecified atom stereocenters. The van der Waals surface area contributed by atoms with E-state index in [2.05, 4.69) is 52.3 Å². The summed E-state index contributed by atoms with van der Waals surface area (Å²) in [5.74, 6) is 3.43. The number of halogens is 2. The summed E-state index contributed by atoms with van der Waals surface area (Å²) in [5.41, 5.74) is 2.13. The minimum atomic E-state index is 0.0991. The first-order valence-corrected chi connectivity index (χ1v) is 8.50. The van der Waals surface area contributed by atoms with Gasteiger partial charge in [-0.2, -0.15) is 0 Å². The van der Waals surface area contributed by atoms with Crippen LogP contribution in [0.3, 0.4) is 0 Å². The molecule has 2 aromatic heterocycles. The van der Waals surface area contributed by atoms with Crippen molar-refractivity contribution in [3.05, 3.63) is 51.2 Å². The van der Waals surface area contributed by atoms with Gasteiger partial charge in [0.05, 0.1) is 17.1 Å². The SMILES string of the molecule is Cc1ccc(C(C)n2c(CCCl)nc3cc(I)ccc32)o1. The van der Waals surface area contributed by atoms with Gasteiger partial charge in [0.2, 0.25) is 0 Å². The van der Waals surface area contributed by atoms with Gasteiger partial charge in [-0.15, -0.1) is 11.6 Å². The quantitative estimate of drug-likeness (QED) is 0.447. The molecule has 0 aliphatic carbocycles. The zero-order chi connectivity index (χ0) is 15.0. The number of benzene rings is 1. The summed E-state index contributed by atoms with van der Waals surface area (Å²) >= 11 is 8.25. The van der Waals surface area contributed by atoms with Gasteiger partial charge in [-0.3, -0.25) is 0 Å². The minimum Gasteiger partial charge on any atom is -0.464 e. The summed E-state index contributed by atoms with van der Waals surface area (Å²) in [7, 11) is 0. The first-order chi connectivity index (χ1) is 10.1. The molecule has 21 heavy (non-hydrogen) atoms. The minimum absolute atomic E-state index is 0.0991. The van der Waals surface area contributed by atoms with E-state index in [9.17, 15) is 0 Å². The highest BCUT2D eigenvalue weighted by Crippen LogP contribution is 2.28. The third kappa shape index (κ3) is 2.83. The lowest BCUT2D eigenvalue weighted by Crippen LogP contribution is -2.10. The van der Waals surface area contributed by atoms with E-state index < -0.39 is 0 Å². The maximum Gasteiger partial charge on any atom is 0.126 e. The van der Waals surface area contributed by atoms with Crippen LogP contribution in [0.15, 0.2) is 34.7 Å². The Morgan fingerprint density at radius 2 is 2.14 bits per heavy atom. The molecule has 2 heterocycles. The van der Waals surface area contributed by atoms with Gasteiger partial charge in [0.15, 0.2) is 0 Å². The summed E-state index contributed by atoms with van der Waals surface area (Å²) in [6.45, 7) is 4.10. The molecule has 0 saturated carbocycles. The maximum absolute atomic E-state index is 5.94. The highest BCUT2D eigenvalue weighted by atomic mass is 127. The van der Waals surface area contributed by atoms with Crippen LogP contribution in [-0.4, -0.2) is 15.4 Å². The topological polar surface area (TPSA) is 31.0 Å². The van der Waals surface area contributed by atoms with E-state index in [4.69, 9.17) is 21.0 Å². The average Bonchev–Trinajstić information content (AvgIpc) is 3.01. The third-order valence-electron chi connectivity index (χ3n) is 3.60. The molecule has 0 N–H and O–H groups in total. The normalized spacial score (nSPS) is 13.0. The van der Waals surface area contributed by atoms with Crippen molar-refractivity contribution in [2.75, 3.05) is 5.88 Å². The van der Waals surface area contributed by atoms with Crippen molar-refractivity contribution >= 4 is 45.2 Å². The van der Waals surface area contributed by atoms with Crippen LogP contribution in [0.5, 0.6) is 0 Å². The van der Waals surface area contributed by atoms with Gasteiger partial charge >= 0.3 is 0 Å². The van der Waals surface area contributed by atoms with E-state index in [1.807, 2.05) is 19.1 Å². The van der Waals surface area contributed by atoms with Gasteiger partial charge in [0.1, 0.15) is 17.3 Å². The Morgan fingerprint density at radius 1 is 1.33 bits per heavy atom. The van der Waals surface area contributed by atoms with E-state index in [-0.39, 0.29) is 6.04 Å². The summed E-state index contributed by atoms with van der Waals surface area (Å²) in [6.07, 6.45) is 0.747. The standard InChI is InChI=1S/C16H16ClIN2O/c1-10-3-6-15(21-10)11(2)20-14-5-4-12(18)9-13(14)19-16(20)7-8-17/h3-6,9,11H,7-8H2,1-2H3. The predicted molar refractivity (Wildman–Crippen MR) is 94.1 cm³/mol. The fourth-order valence-electron chi connectivity index (χ4n) is 2.62. The number of fused-ring (bicyclic) bond motifs is 1. The smallest absolute Gasteiger partial charge is 0.126 e. The number of nitrogens with zero attached hydrogens (tertiary/aromatic N) is 2. The average molecular weight is 415 g/mol. The molecule has 0 aliphatic heterocycles. The van der Waals surface area contributed by atoms with Gasteiger partial charge in [0, 0.05) is 15.9 Å². The number of alkyl halides is 1. The molecule has 5 heteroatoms. The lowest BCUT2D eigenvalue weighted by atomic mass is 10.2. The van der Waals surface area contributed by atoms with E-state index in [1.165, 1.54) is 3.57 Å². The van der Waals surface area contributed by atoms with Crippen LogP contribution in [0.1, 0.15) is 30.3 Å². The van der Waals surface area contributed by atoms with Crippen molar-refractivity contribution in [3.8, 4) is 0 Å². The molecule has 0 radical (unpaired) electrons. The molecule has 0 fully saturated rings. The number of imidazole rings is 1. The number of hydrogen-bond acceptors (Lipinski definition) is 2. The zero-order valence-electron chi connectivity index (χ0n) is 11.9. The number of aromatic nitrogens is 2. The molecule has 0 aliphatic rings. The van der Waals surface area contributed by atoms with Gasteiger partial charge in [-0.25, -0.2) is 4.98 Å². The van der Waals surface area contributed by atoms with Gasteiger partial charge in [0.25, 0.3) is 0 Å². The molecule has 0 bridgehead atoms. The van der Waals surface area contributed by atoms with Crippen LogP contribution in [0.2, 0.25) is 0 Å². The Kier molecular flexibility index (Phi) is 4.26.